The second-order valence-corrected chi connectivity index (χ2v) is 10.2. The summed E-state index contributed by atoms with van der Waals surface area (Å²) in [4.78, 5) is 0. The van der Waals surface area contributed by atoms with Crippen molar-refractivity contribution in [3.8, 4) is 5.75 Å². The molecular formula is C25H29BrO2. The lowest BCUT2D eigenvalue weighted by molar-refractivity contribution is -0.0226. The van der Waals surface area contributed by atoms with E-state index in [1.165, 1.54) is 36.0 Å². The SMILES string of the molecule is C[C@]12CC[C@@H]3c4cc(Br)c(OCc5ccccc5)cc4CC[C@H]3[C@@H]1CC[C@@H]2O. The first kappa shape index (κ1) is 18.7. The molecule has 3 aliphatic rings. The maximum absolute atomic E-state index is 10.6. The molecule has 2 aromatic carbocycles. The highest BCUT2D eigenvalue weighted by Crippen LogP contribution is 2.61. The third-order valence-electron chi connectivity index (χ3n) is 7.96. The number of hydrogen-bond donors (Lipinski definition) is 1. The van der Waals surface area contributed by atoms with Crippen molar-refractivity contribution >= 4 is 15.9 Å². The first-order valence-electron chi connectivity index (χ1n) is 10.7. The van der Waals surface area contributed by atoms with Crippen LogP contribution in [0.3, 0.4) is 0 Å². The highest BCUT2D eigenvalue weighted by atomic mass is 79.9. The number of fused-ring (bicyclic) bond motifs is 5. The lowest BCUT2D eigenvalue weighted by Gasteiger charge is -2.50. The van der Waals surface area contributed by atoms with Crippen LogP contribution in [-0.2, 0) is 13.0 Å². The predicted molar refractivity (Wildman–Crippen MR) is 116 cm³/mol. The fourth-order valence-electron chi connectivity index (χ4n) is 6.39. The molecule has 0 saturated heterocycles. The maximum Gasteiger partial charge on any atom is 0.134 e. The molecule has 2 fully saturated rings. The number of aryl methyl sites for hydroxylation is 1. The van der Waals surface area contributed by atoms with E-state index >= 15 is 0 Å². The van der Waals surface area contributed by atoms with Gasteiger partial charge in [0.2, 0.25) is 0 Å². The van der Waals surface area contributed by atoms with E-state index in [1.807, 2.05) is 6.07 Å². The van der Waals surface area contributed by atoms with E-state index in [4.69, 9.17) is 4.74 Å². The van der Waals surface area contributed by atoms with Crippen molar-refractivity contribution in [2.45, 2.75) is 64.1 Å². The summed E-state index contributed by atoms with van der Waals surface area (Å²) in [7, 11) is 0. The number of hydrogen-bond acceptors (Lipinski definition) is 2. The Morgan fingerprint density at radius 3 is 2.75 bits per heavy atom. The fourth-order valence-corrected chi connectivity index (χ4v) is 6.86. The molecule has 5 rings (SSSR count). The Morgan fingerprint density at radius 1 is 1.11 bits per heavy atom. The molecule has 2 nitrogen and oxygen atoms in total. The first-order valence-corrected chi connectivity index (χ1v) is 11.5. The smallest absolute Gasteiger partial charge is 0.134 e. The molecule has 0 spiro atoms. The number of aliphatic hydroxyl groups excluding tert-OH is 1. The van der Waals surface area contributed by atoms with Crippen molar-refractivity contribution in [3.05, 3.63) is 63.6 Å². The molecule has 1 N–H and O–H groups in total. The van der Waals surface area contributed by atoms with Gasteiger partial charge in [0.25, 0.3) is 0 Å². The van der Waals surface area contributed by atoms with E-state index < -0.39 is 0 Å². The van der Waals surface area contributed by atoms with Crippen molar-refractivity contribution in [3.63, 3.8) is 0 Å². The second-order valence-electron chi connectivity index (χ2n) is 9.31. The summed E-state index contributed by atoms with van der Waals surface area (Å²) < 4.78 is 7.22. The van der Waals surface area contributed by atoms with Crippen LogP contribution >= 0.6 is 15.9 Å². The van der Waals surface area contributed by atoms with Crippen LogP contribution < -0.4 is 4.74 Å². The normalized spacial score (nSPS) is 33.7. The van der Waals surface area contributed by atoms with E-state index in [-0.39, 0.29) is 11.5 Å². The molecule has 28 heavy (non-hydrogen) atoms. The van der Waals surface area contributed by atoms with Gasteiger partial charge in [-0.05, 0) is 106 Å². The molecule has 0 radical (unpaired) electrons. The Labute approximate surface area is 176 Å². The molecule has 2 saturated carbocycles. The molecule has 3 heteroatoms. The Hall–Kier alpha value is -1.32. The molecule has 0 bridgehead atoms. The van der Waals surface area contributed by atoms with Crippen LogP contribution in [0.15, 0.2) is 46.9 Å². The van der Waals surface area contributed by atoms with Crippen molar-refractivity contribution in [1.29, 1.82) is 0 Å². The Bertz CT molecular complexity index is 864. The van der Waals surface area contributed by atoms with Crippen LogP contribution in [0.5, 0.6) is 5.75 Å². The standard InChI is InChI=1S/C25H29BrO2/c1-25-12-11-18-19(21(25)9-10-24(25)27)8-7-17-13-23(22(26)14-20(17)18)28-15-16-5-3-2-4-6-16/h2-6,13-14,18-19,21,24,27H,7-12,15H2,1H3/t18-,19+,21-,24-,25-/m0/s1. The summed E-state index contributed by atoms with van der Waals surface area (Å²) >= 11 is 3.78. The average Bonchev–Trinajstić information content (AvgIpc) is 3.02. The fraction of sp³-hybridized carbons (Fsp3) is 0.520. The summed E-state index contributed by atoms with van der Waals surface area (Å²) in [5.41, 5.74) is 4.33. The Kier molecular flexibility index (Phi) is 4.79. The molecule has 0 heterocycles. The van der Waals surface area contributed by atoms with E-state index in [2.05, 4.69) is 59.3 Å². The van der Waals surface area contributed by atoms with Gasteiger partial charge in [-0.2, -0.15) is 0 Å². The van der Waals surface area contributed by atoms with Crippen LogP contribution in [0.1, 0.15) is 61.6 Å². The average molecular weight is 441 g/mol. The van der Waals surface area contributed by atoms with Crippen molar-refractivity contribution < 1.29 is 9.84 Å². The minimum Gasteiger partial charge on any atom is -0.488 e. The summed E-state index contributed by atoms with van der Waals surface area (Å²) in [6.07, 6.45) is 6.85. The number of rotatable bonds is 3. The van der Waals surface area contributed by atoms with Crippen molar-refractivity contribution in [2.75, 3.05) is 0 Å². The van der Waals surface area contributed by atoms with Crippen molar-refractivity contribution in [2.24, 2.45) is 17.3 Å². The molecule has 0 amide bonds. The van der Waals surface area contributed by atoms with Gasteiger partial charge in [0, 0.05) is 0 Å². The van der Waals surface area contributed by atoms with E-state index in [1.54, 1.807) is 0 Å². The van der Waals surface area contributed by atoms with Crippen LogP contribution in [-0.4, -0.2) is 11.2 Å². The number of aliphatic hydroxyl groups is 1. The van der Waals surface area contributed by atoms with Gasteiger partial charge in [0.1, 0.15) is 12.4 Å². The Morgan fingerprint density at radius 2 is 1.93 bits per heavy atom. The minimum atomic E-state index is -0.0969. The van der Waals surface area contributed by atoms with Gasteiger partial charge >= 0.3 is 0 Å². The minimum absolute atomic E-state index is 0.0969. The highest BCUT2D eigenvalue weighted by molar-refractivity contribution is 9.10. The third-order valence-corrected chi connectivity index (χ3v) is 8.58. The van der Waals surface area contributed by atoms with Crippen LogP contribution in [0.4, 0.5) is 0 Å². The number of ether oxygens (including phenoxy) is 1. The number of halogens is 1. The van der Waals surface area contributed by atoms with Gasteiger partial charge in [-0.1, -0.05) is 37.3 Å². The molecular weight excluding hydrogens is 412 g/mol. The van der Waals surface area contributed by atoms with Crippen LogP contribution in [0.25, 0.3) is 0 Å². The zero-order valence-corrected chi connectivity index (χ0v) is 18.1. The summed E-state index contributed by atoms with van der Waals surface area (Å²) in [5.74, 6) is 3.01. The summed E-state index contributed by atoms with van der Waals surface area (Å²) in [5, 5.41) is 10.6. The molecule has 0 unspecified atom stereocenters. The molecule has 5 atom stereocenters. The van der Waals surface area contributed by atoms with Gasteiger partial charge in [-0.25, -0.2) is 0 Å². The zero-order valence-electron chi connectivity index (χ0n) is 16.5. The van der Waals surface area contributed by atoms with Gasteiger partial charge in [-0.3, -0.25) is 0 Å². The van der Waals surface area contributed by atoms with E-state index in [0.717, 1.165) is 35.4 Å². The predicted octanol–water partition coefficient (Wildman–Crippen LogP) is 6.25. The summed E-state index contributed by atoms with van der Waals surface area (Å²) in [6.45, 7) is 2.94. The highest BCUT2D eigenvalue weighted by Gasteiger charge is 2.54. The van der Waals surface area contributed by atoms with E-state index in [0.29, 0.717) is 18.4 Å². The molecule has 3 aliphatic carbocycles. The topological polar surface area (TPSA) is 29.5 Å². The zero-order chi connectivity index (χ0) is 19.3. The molecule has 0 aliphatic heterocycles. The van der Waals surface area contributed by atoms with E-state index in [9.17, 15) is 5.11 Å². The molecule has 2 aromatic rings. The second kappa shape index (κ2) is 7.18. The lowest BCUT2D eigenvalue weighted by Crippen LogP contribution is -2.43. The van der Waals surface area contributed by atoms with Gasteiger partial charge in [0.05, 0.1) is 10.6 Å². The largest absolute Gasteiger partial charge is 0.488 e. The third kappa shape index (κ3) is 3.02. The molecule has 0 aromatic heterocycles. The lowest BCUT2D eigenvalue weighted by atomic mass is 9.55. The van der Waals surface area contributed by atoms with Crippen LogP contribution in [0.2, 0.25) is 0 Å². The maximum atomic E-state index is 10.6. The van der Waals surface area contributed by atoms with Crippen molar-refractivity contribution in [1.82, 2.24) is 0 Å². The van der Waals surface area contributed by atoms with Gasteiger partial charge < -0.3 is 9.84 Å². The van der Waals surface area contributed by atoms with Crippen LogP contribution in [0, 0.1) is 17.3 Å². The van der Waals surface area contributed by atoms with Gasteiger partial charge in [-0.15, -0.1) is 0 Å². The number of benzene rings is 2. The quantitative estimate of drug-likeness (QED) is 0.611. The Balaban J connectivity index is 1.39. The monoisotopic (exact) mass is 440 g/mol. The first-order chi connectivity index (χ1) is 13.6. The summed E-state index contributed by atoms with van der Waals surface area (Å²) in [6, 6.07) is 15.0. The van der Waals surface area contributed by atoms with Gasteiger partial charge in [0.15, 0.2) is 0 Å². The molecule has 148 valence electrons.